The van der Waals surface area contributed by atoms with Gasteiger partial charge in [0.2, 0.25) is 0 Å². The Bertz CT molecular complexity index is 588. The van der Waals surface area contributed by atoms with E-state index in [1.807, 2.05) is 0 Å². The molecule has 1 aliphatic rings. The van der Waals surface area contributed by atoms with Crippen LogP contribution >= 0.6 is 0 Å². The zero-order valence-corrected chi connectivity index (χ0v) is 10.7. The Balaban J connectivity index is 2.17. The Labute approximate surface area is 115 Å². The van der Waals surface area contributed by atoms with E-state index >= 15 is 0 Å². The molecule has 0 bridgehead atoms. The summed E-state index contributed by atoms with van der Waals surface area (Å²) in [6, 6.07) is 4.38. The summed E-state index contributed by atoms with van der Waals surface area (Å²) < 4.78 is 18.7. The van der Waals surface area contributed by atoms with Crippen LogP contribution in [-0.4, -0.2) is 36.5 Å². The van der Waals surface area contributed by atoms with E-state index < -0.39 is 17.6 Å². The number of imide groups is 1. The van der Waals surface area contributed by atoms with Gasteiger partial charge in [0.05, 0.1) is 13.1 Å². The van der Waals surface area contributed by atoms with Crippen molar-refractivity contribution in [1.29, 1.82) is 0 Å². The molecule has 1 aromatic rings. The summed E-state index contributed by atoms with van der Waals surface area (Å²) in [7, 11) is 0. The standard InChI is InChI=1S/C14H13FN2O3/c15-12-6-10(2-1-5-16)3-4-11(12)7-17-13(18)8-20-9-14(17)19/h3-4,6H,5,7-9,16H2. The minimum absolute atomic E-state index is 0.0997. The number of morpholine rings is 1. The summed E-state index contributed by atoms with van der Waals surface area (Å²) in [5.74, 6) is 3.89. The Morgan fingerprint density at radius 3 is 2.60 bits per heavy atom. The number of carbonyl (C=O) groups excluding carboxylic acids is 2. The Morgan fingerprint density at radius 1 is 1.30 bits per heavy atom. The van der Waals surface area contributed by atoms with Gasteiger partial charge in [-0.2, -0.15) is 0 Å². The minimum atomic E-state index is -0.513. The summed E-state index contributed by atoms with van der Waals surface area (Å²) in [5, 5.41) is 0. The van der Waals surface area contributed by atoms with Gasteiger partial charge in [0.1, 0.15) is 19.0 Å². The van der Waals surface area contributed by atoms with Crippen LogP contribution in [0.2, 0.25) is 0 Å². The van der Waals surface area contributed by atoms with Crippen LogP contribution in [0.4, 0.5) is 4.39 Å². The Kier molecular flexibility index (Phi) is 4.45. The third-order valence-electron chi connectivity index (χ3n) is 2.77. The molecule has 0 saturated carbocycles. The number of nitrogens with zero attached hydrogens (tertiary/aromatic N) is 1. The summed E-state index contributed by atoms with van der Waals surface area (Å²) in [5.41, 5.74) is 5.99. The number of hydrogen-bond donors (Lipinski definition) is 1. The lowest BCUT2D eigenvalue weighted by molar-refractivity contribution is -0.159. The largest absolute Gasteiger partial charge is 0.362 e. The molecule has 1 aromatic carbocycles. The number of carbonyl (C=O) groups is 2. The lowest BCUT2D eigenvalue weighted by Crippen LogP contribution is -2.45. The van der Waals surface area contributed by atoms with E-state index in [0.717, 1.165) is 4.90 Å². The smallest absolute Gasteiger partial charge is 0.255 e. The van der Waals surface area contributed by atoms with Crippen LogP contribution in [0.3, 0.4) is 0 Å². The fraction of sp³-hybridized carbons (Fsp3) is 0.286. The first-order chi connectivity index (χ1) is 9.61. The fourth-order valence-corrected chi connectivity index (χ4v) is 1.77. The molecule has 0 radical (unpaired) electrons. The van der Waals surface area contributed by atoms with Gasteiger partial charge >= 0.3 is 0 Å². The number of halogens is 1. The van der Waals surface area contributed by atoms with Gasteiger partial charge in [-0.1, -0.05) is 17.9 Å². The zero-order valence-electron chi connectivity index (χ0n) is 10.7. The van der Waals surface area contributed by atoms with E-state index in [-0.39, 0.29) is 31.9 Å². The molecule has 1 heterocycles. The van der Waals surface area contributed by atoms with E-state index in [9.17, 15) is 14.0 Å². The highest BCUT2D eigenvalue weighted by Gasteiger charge is 2.27. The van der Waals surface area contributed by atoms with E-state index in [1.165, 1.54) is 12.1 Å². The van der Waals surface area contributed by atoms with Crippen molar-refractivity contribution in [3.05, 3.63) is 35.1 Å². The Hall–Kier alpha value is -2.23. The van der Waals surface area contributed by atoms with Crippen molar-refractivity contribution in [2.75, 3.05) is 19.8 Å². The van der Waals surface area contributed by atoms with Crippen molar-refractivity contribution in [3.63, 3.8) is 0 Å². The second-order valence-corrected chi connectivity index (χ2v) is 4.18. The van der Waals surface area contributed by atoms with Crippen molar-refractivity contribution in [2.45, 2.75) is 6.54 Å². The maximum atomic E-state index is 13.9. The fourth-order valence-electron chi connectivity index (χ4n) is 1.77. The molecule has 2 amide bonds. The molecule has 0 unspecified atom stereocenters. The highest BCUT2D eigenvalue weighted by Crippen LogP contribution is 2.14. The molecule has 6 heteroatoms. The van der Waals surface area contributed by atoms with Crippen LogP contribution in [0, 0.1) is 17.7 Å². The van der Waals surface area contributed by atoms with Crippen molar-refractivity contribution in [1.82, 2.24) is 4.90 Å². The van der Waals surface area contributed by atoms with Gasteiger partial charge < -0.3 is 10.5 Å². The molecule has 20 heavy (non-hydrogen) atoms. The SMILES string of the molecule is NCC#Cc1ccc(CN2C(=O)COCC2=O)c(F)c1. The van der Waals surface area contributed by atoms with Crippen molar-refractivity contribution < 1.29 is 18.7 Å². The van der Waals surface area contributed by atoms with Gasteiger partial charge in [-0.05, 0) is 12.1 Å². The highest BCUT2D eigenvalue weighted by molar-refractivity contribution is 5.98. The number of ether oxygens (including phenoxy) is 1. The third-order valence-corrected chi connectivity index (χ3v) is 2.77. The lowest BCUT2D eigenvalue weighted by atomic mass is 10.1. The van der Waals surface area contributed by atoms with Gasteiger partial charge in [-0.15, -0.1) is 0 Å². The average Bonchev–Trinajstić information content (AvgIpc) is 2.42. The topological polar surface area (TPSA) is 72.6 Å². The van der Waals surface area contributed by atoms with E-state index in [4.69, 9.17) is 10.5 Å². The van der Waals surface area contributed by atoms with Crippen molar-refractivity contribution in [2.24, 2.45) is 5.73 Å². The maximum Gasteiger partial charge on any atom is 0.255 e. The average molecular weight is 276 g/mol. The quantitative estimate of drug-likeness (QED) is 0.610. The summed E-state index contributed by atoms with van der Waals surface area (Å²) in [4.78, 5) is 24.1. The number of nitrogens with two attached hydrogens (primary N) is 1. The van der Waals surface area contributed by atoms with Crippen LogP contribution in [-0.2, 0) is 20.9 Å². The molecular weight excluding hydrogens is 263 g/mol. The van der Waals surface area contributed by atoms with E-state index in [0.29, 0.717) is 5.56 Å². The van der Waals surface area contributed by atoms with Gasteiger partial charge in [0.25, 0.3) is 11.8 Å². The lowest BCUT2D eigenvalue weighted by Gasteiger charge is -2.25. The van der Waals surface area contributed by atoms with Gasteiger partial charge in [0.15, 0.2) is 0 Å². The third kappa shape index (κ3) is 3.20. The molecule has 104 valence electrons. The predicted molar refractivity (Wildman–Crippen MR) is 68.7 cm³/mol. The van der Waals surface area contributed by atoms with Crippen molar-refractivity contribution in [3.8, 4) is 11.8 Å². The predicted octanol–water partition coefficient (Wildman–Crippen LogP) is 0.0213. The van der Waals surface area contributed by atoms with Gasteiger partial charge in [-0.3, -0.25) is 14.5 Å². The second-order valence-electron chi connectivity index (χ2n) is 4.18. The Morgan fingerprint density at radius 2 is 2.00 bits per heavy atom. The van der Waals surface area contributed by atoms with Gasteiger partial charge in [0, 0.05) is 11.1 Å². The molecule has 1 aliphatic heterocycles. The number of hydrogen-bond acceptors (Lipinski definition) is 4. The van der Waals surface area contributed by atoms with Crippen LogP contribution < -0.4 is 5.73 Å². The molecule has 0 aliphatic carbocycles. The number of benzene rings is 1. The molecule has 0 atom stereocenters. The second kappa shape index (κ2) is 6.28. The van der Waals surface area contributed by atoms with Crippen LogP contribution in [0.5, 0.6) is 0 Å². The van der Waals surface area contributed by atoms with E-state index in [1.54, 1.807) is 6.07 Å². The molecule has 5 nitrogen and oxygen atoms in total. The summed E-state index contributed by atoms with van der Waals surface area (Å²) in [6.07, 6.45) is 0. The summed E-state index contributed by atoms with van der Waals surface area (Å²) in [6.45, 7) is -0.224. The molecule has 0 aromatic heterocycles. The highest BCUT2D eigenvalue weighted by atomic mass is 19.1. The monoisotopic (exact) mass is 276 g/mol. The number of amides is 2. The molecule has 1 saturated heterocycles. The zero-order chi connectivity index (χ0) is 14.5. The first kappa shape index (κ1) is 14.2. The summed E-state index contributed by atoms with van der Waals surface area (Å²) >= 11 is 0. The van der Waals surface area contributed by atoms with Crippen LogP contribution in [0.25, 0.3) is 0 Å². The molecular formula is C14H13FN2O3. The minimum Gasteiger partial charge on any atom is -0.362 e. The van der Waals surface area contributed by atoms with Gasteiger partial charge in [-0.25, -0.2) is 4.39 Å². The molecule has 2 rings (SSSR count). The number of rotatable bonds is 2. The molecule has 2 N–H and O–H groups in total. The first-order valence-electron chi connectivity index (χ1n) is 6.00. The first-order valence-corrected chi connectivity index (χ1v) is 6.00. The van der Waals surface area contributed by atoms with Crippen LogP contribution in [0.1, 0.15) is 11.1 Å². The van der Waals surface area contributed by atoms with E-state index in [2.05, 4.69) is 11.8 Å². The van der Waals surface area contributed by atoms with Crippen LogP contribution in [0.15, 0.2) is 18.2 Å². The molecule has 1 fully saturated rings. The van der Waals surface area contributed by atoms with Crippen molar-refractivity contribution >= 4 is 11.8 Å². The molecule has 0 spiro atoms. The normalized spacial score (nSPS) is 15.0. The maximum absolute atomic E-state index is 13.9.